The Labute approximate surface area is 180 Å². The van der Waals surface area contributed by atoms with Crippen LogP contribution < -0.4 is 15.5 Å². The van der Waals surface area contributed by atoms with Crippen molar-refractivity contribution in [3.8, 4) is 11.5 Å². The van der Waals surface area contributed by atoms with Crippen molar-refractivity contribution in [3.05, 3.63) is 63.6 Å². The SMILES string of the molecule is COc1cc(C=NNC(=O)Cc2nnc(NC(=O)c3ccc(Cl)cc3)s2)ccc1O. The summed E-state index contributed by atoms with van der Waals surface area (Å²) in [7, 11) is 1.44. The number of phenols is 1. The van der Waals surface area contributed by atoms with Crippen molar-refractivity contribution >= 4 is 46.1 Å². The maximum absolute atomic E-state index is 12.2. The molecule has 0 spiro atoms. The summed E-state index contributed by atoms with van der Waals surface area (Å²) in [5.74, 6) is -0.447. The van der Waals surface area contributed by atoms with Crippen LogP contribution >= 0.6 is 22.9 Å². The van der Waals surface area contributed by atoms with Crippen LogP contribution in [0, 0.1) is 0 Å². The Morgan fingerprint density at radius 2 is 2.00 bits per heavy atom. The zero-order valence-corrected chi connectivity index (χ0v) is 17.2. The Bertz CT molecular complexity index is 1080. The van der Waals surface area contributed by atoms with Gasteiger partial charge in [-0.1, -0.05) is 22.9 Å². The third kappa shape index (κ3) is 5.75. The molecular formula is C19H16ClN5O4S. The Hall–Kier alpha value is -3.50. The Morgan fingerprint density at radius 3 is 2.73 bits per heavy atom. The summed E-state index contributed by atoms with van der Waals surface area (Å²) in [6, 6.07) is 11.1. The van der Waals surface area contributed by atoms with Crippen molar-refractivity contribution in [2.24, 2.45) is 5.10 Å². The highest BCUT2D eigenvalue weighted by atomic mass is 35.5. The summed E-state index contributed by atoms with van der Waals surface area (Å²) in [6.45, 7) is 0. The van der Waals surface area contributed by atoms with E-state index in [4.69, 9.17) is 16.3 Å². The molecule has 0 aliphatic carbocycles. The second-order valence-electron chi connectivity index (χ2n) is 5.86. The lowest BCUT2D eigenvalue weighted by molar-refractivity contribution is -0.120. The zero-order valence-electron chi connectivity index (χ0n) is 15.6. The van der Waals surface area contributed by atoms with E-state index in [1.807, 2.05) is 0 Å². The molecular weight excluding hydrogens is 430 g/mol. The molecule has 0 aliphatic heterocycles. The van der Waals surface area contributed by atoms with Crippen molar-refractivity contribution in [3.63, 3.8) is 0 Å². The number of carbonyl (C=O) groups excluding carboxylic acids is 2. The molecule has 0 unspecified atom stereocenters. The van der Waals surface area contributed by atoms with E-state index < -0.39 is 5.91 Å². The van der Waals surface area contributed by atoms with Crippen LogP contribution in [0.15, 0.2) is 47.6 Å². The van der Waals surface area contributed by atoms with Gasteiger partial charge in [-0.2, -0.15) is 5.10 Å². The van der Waals surface area contributed by atoms with Gasteiger partial charge in [-0.25, -0.2) is 5.43 Å². The first kappa shape index (κ1) is 21.2. The van der Waals surface area contributed by atoms with Crippen molar-refractivity contribution in [1.29, 1.82) is 0 Å². The van der Waals surface area contributed by atoms with Crippen LogP contribution in [0.4, 0.5) is 5.13 Å². The van der Waals surface area contributed by atoms with Crippen molar-refractivity contribution in [1.82, 2.24) is 15.6 Å². The molecule has 0 saturated heterocycles. The number of aromatic hydroxyl groups is 1. The minimum absolute atomic E-state index is 0.00825. The Kier molecular flexibility index (Phi) is 6.94. The van der Waals surface area contributed by atoms with E-state index in [0.717, 1.165) is 11.3 Å². The second-order valence-corrected chi connectivity index (χ2v) is 7.36. The highest BCUT2D eigenvalue weighted by Crippen LogP contribution is 2.25. The molecule has 0 aliphatic rings. The molecule has 0 saturated carbocycles. The lowest BCUT2D eigenvalue weighted by atomic mass is 10.2. The number of methoxy groups -OCH3 is 1. The van der Waals surface area contributed by atoms with Gasteiger partial charge in [0.1, 0.15) is 5.01 Å². The minimum atomic E-state index is -0.399. The first-order chi connectivity index (χ1) is 14.4. The number of aromatic nitrogens is 2. The van der Waals surface area contributed by atoms with Gasteiger partial charge in [-0.05, 0) is 48.0 Å². The number of nitrogens with zero attached hydrogens (tertiary/aromatic N) is 3. The van der Waals surface area contributed by atoms with Gasteiger partial charge in [-0.15, -0.1) is 10.2 Å². The smallest absolute Gasteiger partial charge is 0.257 e. The molecule has 3 N–H and O–H groups in total. The van der Waals surface area contributed by atoms with E-state index in [9.17, 15) is 14.7 Å². The number of ether oxygens (including phenoxy) is 1. The standard InChI is InChI=1S/C19H16ClN5O4S/c1-29-15-8-11(2-7-14(15)26)10-21-23-16(27)9-17-24-25-19(30-17)22-18(28)12-3-5-13(20)6-4-12/h2-8,10,26H,9H2,1H3,(H,23,27)(H,22,25,28). The van der Waals surface area contributed by atoms with Crippen molar-refractivity contribution in [2.75, 3.05) is 12.4 Å². The number of hydrogen-bond acceptors (Lipinski definition) is 8. The summed E-state index contributed by atoms with van der Waals surface area (Å²) in [5.41, 5.74) is 3.44. The molecule has 0 bridgehead atoms. The van der Waals surface area contributed by atoms with Gasteiger partial charge in [-0.3, -0.25) is 14.9 Å². The highest BCUT2D eigenvalue weighted by molar-refractivity contribution is 7.15. The Balaban J connectivity index is 1.52. The molecule has 1 heterocycles. The molecule has 11 heteroatoms. The predicted molar refractivity (Wildman–Crippen MR) is 113 cm³/mol. The average molecular weight is 446 g/mol. The number of anilines is 1. The van der Waals surface area contributed by atoms with Gasteiger partial charge in [0, 0.05) is 10.6 Å². The molecule has 9 nitrogen and oxygen atoms in total. The number of hydrogen-bond donors (Lipinski definition) is 3. The summed E-state index contributed by atoms with van der Waals surface area (Å²) < 4.78 is 5.01. The largest absolute Gasteiger partial charge is 0.504 e. The number of phenolic OH excluding ortho intramolecular Hbond substituents is 1. The summed E-state index contributed by atoms with van der Waals surface area (Å²) in [5, 5.41) is 25.0. The minimum Gasteiger partial charge on any atom is -0.504 e. The van der Waals surface area contributed by atoms with Gasteiger partial charge in [0.25, 0.3) is 5.91 Å². The summed E-state index contributed by atoms with van der Waals surface area (Å²) in [6.07, 6.45) is 1.36. The quantitative estimate of drug-likeness (QED) is 0.379. The van der Waals surface area contributed by atoms with Crippen LogP contribution in [0.1, 0.15) is 20.9 Å². The molecule has 30 heavy (non-hydrogen) atoms. The van der Waals surface area contributed by atoms with Gasteiger partial charge >= 0.3 is 0 Å². The fraction of sp³-hybridized carbons (Fsp3) is 0.105. The lowest BCUT2D eigenvalue weighted by Gasteiger charge is -2.03. The van der Waals surface area contributed by atoms with E-state index in [1.54, 1.807) is 36.4 Å². The van der Waals surface area contributed by atoms with Crippen molar-refractivity contribution in [2.45, 2.75) is 6.42 Å². The average Bonchev–Trinajstić information content (AvgIpc) is 3.16. The highest BCUT2D eigenvalue weighted by Gasteiger charge is 2.12. The van der Waals surface area contributed by atoms with Crippen molar-refractivity contribution < 1.29 is 19.4 Å². The number of rotatable bonds is 7. The number of hydrazone groups is 1. The zero-order chi connectivity index (χ0) is 21.5. The topological polar surface area (TPSA) is 126 Å². The van der Waals surface area contributed by atoms with Gasteiger partial charge in [0.2, 0.25) is 11.0 Å². The molecule has 2 aromatic carbocycles. The summed E-state index contributed by atoms with van der Waals surface area (Å²) in [4.78, 5) is 24.2. The normalized spacial score (nSPS) is 10.7. The summed E-state index contributed by atoms with van der Waals surface area (Å²) >= 11 is 6.89. The van der Waals surface area contributed by atoms with Gasteiger partial charge in [0.05, 0.1) is 19.7 Å². The molecule has 0 fully saturated rings. The first-order valence-corrected chi connectivity index (χ1v) is 9.72. The Morgan fingerprint density at radius 1 is 1.23 bits per heavy atom. The molecule has 3 rings (SSSR count). The monoisotopic (exact) mass is 445 g/mol. The maximum atomic E-state index is 12.2. The third-order valence-corrected chi connectivity index (χ3v) is 4.80. The molecule has 0 radical (unpaired) electrons. The van der Waals surface area contributed by atoms with E-state index in [-0.39, 0.29) is 23.2 Å². The molecule has 1 aromatic heterocycles. The van der Waals surface area contributed by atoms with E-state index in [2.05, 4.69) is 26.0 Å². The molecule has 0 atom stereocenters. The van der Waals surface area contributed by atoms with Crippen LogP contribution in [0.5, 0.6) is 11.5 Å². The van der Waals surface area contributed by atoms with Crippen LogP contribution in [0.25, 0.3) is 0 Å². The van der Waals surface area contributed by atoms with E-state index in [1.165, 1.54) is 19.4 Å². The van der Waals surface area contributed by atoms with Gasteiger partial charge in [0.15, 0.2) is 11.5 Å². The van der Waals surface area contributed by atoms with Crippen LogP contribution in [-0.2, 0) is 11.2 Å². The number of amides is 2. The van der Waals surface area contributed by atoms with Gasteiger partial charge < -0.3 is 9.84 Å². The molecule has 154 valence electrons. The number of carbonyl (C=O) groups is 2. The molecule has 2 amide bonds. The van der Waals surface area contributed by atoms with Crippen LogP contribution in [-0.4, -0.2) is 40.4 Å². The number of benzene rings is 2. The van der Waals surface area contributed by atoms with E-state index in [0.29, 0.717) is 26.9 Å². The first-order valence-electron chi connectivity index (χ1n) is 8.53. The number of halogens is 1. The fourth-order valence-electron chi connectivity index (χ4n) is 2.28. The fourth-order valence-corrected chi connectivity index (χ4v) is 3.14. The molecule has 3 aromatic rings. The van der Waals surface area contributed by atoms with Crippen LogP contribution in [0.3, 0.4) is 0 Å². The third-order valence-electron chi connectivity index (χ3n) is 3.71. The predicted octanol–water partition coefficient (Wildman–Crippen LogP) is 2.85. The van der Waals surface area contributed by atoms with Crippen LogP contribution in [0.2, 0.25) is 5.02 Å². The van der Waals surface area contributed by atoms with E-state index >= 15 is 0 Å². The maximum Gasteiger partial charge on any atom is 0.257 e. The lowest BCUT2D eigenvalue weighted by Crippen LogP contribution is -2.19. The second kappa shape index (κ2) is 9.81. The number of nitrogens with one attached hydrogen (secondary N) is 2.